The highest BCUT2D eigenvalue weighted by atomic mass is 32.2. The largest absolute Gasteiger partial charge is 0.362 e. The zero-order valence-corrected chi connectivity index (χ0v) is 10.8. The second-order valence-electron chi connectivity index (χ2n) is 5.21. The predicted molar refractivity (Wildman–Crippen MR) is 68.5 cm³/mol. The standard InChI is InChI=1S/C12H22N2S/c1-8-4-5-11(6-9(8)2)14-12-13-10(3)7-15-12/h8-11H,4-7H2,1-3H3,(H,13,14). The smallest absolute Gasteiger partial charge is 0.157 e. The molecule has 0 aromatic rings. The van der Waals surface area contributed by atoms with Crippen LogP contribution >= 0.6 is 11.8 Å². The fraction of sp³-hybridized carbons (Fsp3) is 0.917. The summed E-state index contributed by atoms with van der Waals surface area (Å²) in [5.74, 6) is 2.92. The van der Waals surface area contributed by atoms with Crippen molar-refractivity contribution in [2.75, 3.05) is 5.75 Å². The molecule has 2 aliphatic rings. The maximum Gasteiger partial charge on any atom is 0.157 e. The molecule has 4 unspecified atom stereocenters. The second-order valence-corrected chi connectivity index (χ2v) is 6.22. The number of nitrogens with one attached hydrogen (secondary N) is 1. The minimum absolute atomic E-state index is 0.580. The van der Waals surface area contributed by atoms with E-state index in [1.807, 2.05) is 11.8 Å². The van der Waals surface area contributed by atoms with Crippen LogP contribution in [0.2, 0.25) is 0 Å². The van der Waals surface area contributed by atoms with Gasteiger partial charge in [-0.1, -0.05) is 25.6 Å². The van der Waals surface area contributed by atoms with E-state index in [-0.39, 0.29) is 0 Å². The van der Waals surface area contributed by atoms with Crippen LogP contribution in [0.15, 0.2) is 4.99 Å². The van der Waals surface area contributed by atoms with Gasteiger partial charge in [-0.25, -0.2) is 0 Å². The van der Waals surface area contributed by atoms with Crippen LogP contribution < -0.4 is 5.32 Å². The first-order valence-corrected chi connectivity index (χ1v) is 7.11. The third-order valence-electron chi connectivity index (χ3n) is 3.71. The number of thioether (sulfide) groups is 1. The van der Waals surface area contributed by atoms with Gasteiger partial charge in [-0.2, -0.15) is 0 Å². The van der Waals surface area contributed by atoms with Gasteiger partial charge in [0.05, 0.1) is 6.04 Å². The van der Waals surface area contributed by atoms with Crippen molar-refractivity contribution in [3.8, 4) is 0 Å². The lowest BCUT2D eigenvalue weighted by Crippen LogP contribution is -2.27. The van der Waals surface area contributed by atoms with Gasteiger partial charge in [-0.15, -0.1) is 0 Å². The van der Waals surface area contributed by atoms with Gasteiger partial charge in [0.15, 0.2) is 5.17 Å². The Morgan fingerprint density at radius 1 is 1.20 bits per heavy atom. The molecule has 1 saturated carbocycles. The molecule has 1 saturated heterocycles. The van der Waals surface area contributed by atoms with Crippen molar-refractivity contribution in [3.05, 3.63) is 0 Å². The van der Waals surface area contributed by atoms with Crippen LogP contribution in [0, 0.1) is 11.8 Å². The van der Waals surface area contributed by atoms with Crippen LogP contribution in [0.4, 0.5) is 0 Å². The maximum absolute atomic E-state index is 4.84. The molecule has 0 aromatic carbocycles. The number of nitrogens with zero attached hydrogens (tertiary/aromatic N) is 1. The molecule has 0 radical (unpaired) electrons. The normalized spacial score (nSPS) is 44.3. The van der Waals surface area contributed by atoms with Gasteiger partial charge in [0.2, 0.25) is 0 Å². The SMILES string of the molecule is CC1CSC(=NC2CCC(C)C(C)C2)N1. The maximum atomic E-state index is 4.84. The number of aliphatic imine (C=N–C) groups is 1. The Bertz CT molecular complexity index is 252. The summed E-state index contributed by atoms with van der Waals surface area (Å²) in [6.45, 7) is 6.97. The molecule has 86 valence electrons. The Labute approximate surface area is 97.3 Å². The number of hydrogen-bond acceptors (Lipinski definition) is 2. The summed E-state index contributed by atoms with van der Waals surface area (Å²) in [6, 6.07) is 1.19. The molecule has 15 heavy (non-hydrogen) atoms. The first-order valence-electron chi connectivity index (χ1n) is 6.12. The van der Waals surface area contributed by atoms with Crippen LogP contribution in [0.5, 0.6) is 0 Å². The van der Waals surface area contributed by atoms with Crippen LogP contribution in [0.3, 0.4) is 0 Å². The Balaban J connectivity index is 1.90. The van der Waals surface area contributed by atoms with Crippen molar-refractivity contribution in [2.45, 2.75) is 52.1 Å². The van der Waals surface area contributed by atoms with E-state index in [2.05, 4.69) is 26.1 Å². The monoisotopic (exact) mass is 226 g/mol. The lowest BCUT2D eigenvalue weighted by molar-refractivity contribution is 0.252. The average molecular weight is 226 g/mol. The zero-order valence-electron chi connectivity index (χ0n) is 9.99. The van der Waals surface area contributed by atoms with E-state index in [1.54, 1.807) is 0 Å². The molecule has 1 N–H and O–H groups in total. The van der Waals surface area contributed by atoms with Crippen LogP contribution in [0.1, 0.15) is 40.0 Å². The highest BCUT2D eigenvalue weighted by molar-refractivity contribution is 8.14. The third kappa shape index (κ3) is 2.90. The first-order chi connectivity index (χ1) is 7.15. The summed E-state index contributed by atoms with van der Waals surface area (Å²) >= 11 is 1.89. The number of hydrogen-bond donors (Lipinski definition) is 1. The number of amidine groups is 1. The molecule has 2 rings (SSSR count). The summed E-state index contributed by atoms with van der Waals surface area (Å²) in [5.41, 5.74) is 0. The van der Waals surface area contributed by atoms with E-state index >= 15 is 0 Å². The summed E-state index contributed by atoms with van der Waals surface area (Å²) in [4.78, 5) is 4.84. The van der Waals surface area contributed by atoms with Crippen LogP contribution in [-0.4, -0.2) is 23.0 Å². The zero-order chi connectivity index (χ0) is 10.8. The molecule has 0 aromatic heterocycles. The van der Waals surface area contributed by atoms with Crippen LogP contribution in [0.25, 0.3) is 0 Å². The molecule has 0 amide bonds. The lowest BCUT2D eigenvalue weighted by Gasteiger charge is -2.30. The van der Waals surface area contributed by atoms with E-state index in [0.29, 0.717) is 12.1 Å². The van der Waals surface area contributed by atoms with Gasteiger partial charge >= 0.3 is 0 Å². The topological polar surface area (TPSA) is 24.4 Å². The molecule has 0 spiro atoms. The van der Waals surface area contributed by atoms with Gasteiger partial charge < -0.3 is 5.32 Å². The molecule has 4 atom stereocenters. The van der Waals surface area contributed by atoms with E-state index in [4.69, 9.17) is 4.99 Å². The molecule has 0 bridgehead atoms. The van der Waals surface area contributed by atoms with Crippen LogP contribution in [-0.2, 0) is 0 Å². The number of rotatable bonds is 1. The van der Waals surface area contributed by atoms with Crippen molar-refractivity contribution in [2.24, 2.45) is 16.8 Å². The van der Waals surface area contributed by atoms with Gasteiger partial charge in [-0.05, 0) is 38.0 Å². The van der Waals surface area contributed by atoms with Crippen molar-refractivity contribution in [3.63, 3.8) is 0 Å². The Morgan fingerprint density at radius 2 is 2.00 bits per heavy atom. The van der Waals surface area contributed by atoms with Crippen molar-refractivity contribution < 1.29 is 0 Å². The highest BCUT2D eigenvalue weighted by Crippen LogP contribution is 2.31. The summed E-state index contributed by atoms with van der Waals surface area (Å²) in [7, 11) is 0. The third-order valence-corrected chi connectivity index (χ3v) is 4.87. The molecule has 1 heterocycles. The summed E-state index contributed by atoms with van der Waals surface area (Å²) in [6.07, 6.45) is 3.91. The minimum atomic E-state index is 0.580. The minimum Gasteiger partial charge on any atom is -0.362 e. The lowest BCUT2D eigenvalue weighted by atomic mass is 9.79. The van der Waals surface area contributed by atoms with Gasteiger partial charge in [-0.3, -0.25) is 4.99 Å². The second kappa shape index (κ2) is 4.77. The molecule has 1 aliphatic heterocycles. The molecule has 3 heteroatoms. The molecule has 1 aliphatic carbocycles. The quantitative estimate of drug-likeness (QED) is 0.743. The summed E-state index contributed by atoms with van der Waals surface area (Å²) < 4.78 is 0. The molecule has 2 fully saturated rings. The van der Waals surface area contributed by atoms with Gasteiger partial charge in [0.1, 0.15) is 0 Å². The Kier molecular flexibility index (Phi) is 3.60. The van der Waals surface area contributed by atoms with E-state index < -0.39 is 0 Å². The fourth-order valence-electron chi connectivity index (χ4n) is 2.37. The highest BCUT2D eigenvalue weighted by Gasteiger charge is 2.25. The van der Waals surface area contributed by atoms with Crippen molar-refractivity contribution >= 4 is 16.9 Å². The van der Waals surface area contributed by atoms with Crippen molar-refractivity contribution in [1.29, 1.82) is 0 Å². The summed E-state index contributed by atoms with van der Waals surface area (Å²) in [5, 5.41) is 4.63. The van der Waals surface area contributed by atoms with Gasteiger partial charge in [0, 0.05) is 11.8 Å². The Hall–Kier alpha value is -0.180. The molecule has 2 nitrogen and oxygen atoms in total. The van der Waals surface area contributed by atoms with E-state index in [9.17, 15) is 0 Å². The molecular formula is C12H22N2S. The fourth-order valence-corrected chi connectivity index (χ4v) is 3.37. The van der Waals surface area contributed by atoms with E-state index in [0.717, 1.165) is 11.8 Å². The average Bonchev–Trinajstić information content (AvgIpc) is 2.58. The Morgan fingerprint density at radius 3 is 2.60 bits per heavy atom. The predicted octanol–water partition coefficient (Wildman–Crippen LogP) is 2.89. The first kappa shape index (κ1) is 11.3. The van der Waals surface area contributed by atoms with Gasteiger partial charge in [0.25, 0.3) is 0 Å². The molecular weight excluding hydrogens is 204 g/mol. The van der Waals surface area contributed by atoms with E-state index in [1.165, 1.54) is 30.2 Å². The van der Waals surface area contributed by atoms with Crippen molar-refractivity contribution in [1.82, 2.24) is 5.32 Å².